The van der Waals surface area contributed by atoms with Gasteiger partial charge in [-0.25, -0.2) is 0 Å². The van der Waals surface area contributed by atoms with Gasteiger partial charge in [-0.3, -0.25) is 0 Å². The number of phenolic OH excluding ortho intramolecular Hbond substituents is 2. The first kappa shape index (κ1) is 11.9. The maximum absolute atomic E-state index is 9.54. The van der Waals surface area contributed by atoms with Crippen LogP contribution in [0.3, 0.4) is 0 Å². The number of unbranched alkanes of at least 4 members (excludes halogenated alkanes) is 2. The predicted molar refractivity (Wildman–Crippen MR) is 62.4 cm³/mol. The van der Waals surface area contributed by atoms with Gasteiger partial charge in [0.1, 0.15) is 0 Å². The van der Waals surface area contributed by atoms with Crippen LogP contribution in [0.25, 0.3) is 0 Å². The van der Waals surface area contributed by atoms with Crippen LogP contribution in [0.2, 0.25) is 0 Å². The van der Waals surface area contributed by atoms with Crippen molar-refractivity contribution < 1.29 is 10.2 Å². The van der Waals surface area contributed by atoms with Crippen molar-refractivity contribution in [2.45, 2.75) is 46.0 Å². The van der Waals surface area contributed by atoms with Crippen LogP contribution < -0.4 is 0 Å². The first-order valence-corrected chi connectivity index (χ1v) is 5.72. The van der Waals surface area contributed by atoms with Crippen molar-refractivity contribution in [1.82, 2.24) is 0 Å². The second kappa shape index (κ2) is 5.64. The molecule has 0 saturated heterocycles. The van der Waals surface area contributed by atoms with Crippen molar-refractivity contribution in [2.75, 3.05) is 0 Å². The molecule has 0 aromatic heterocycles. The van der Waals surface area contributed by atoms with Crippen molar-refractivity contribution in [3.8, 4) is 11.5 Å². The van der Waals surface area contributed by atoms with Crippen molar-refractivity contribution in [3.05, 3.63) is 23.3 Å². The van der Waals surface area contributed by atoms with Crippen molar-refractivity contribution in [2.24, 2.45) is 0 Å². The Morgan fingerprint density at radius 3 is 2.40 bits per heavy atom. The molecule has 0 aliphatic heterocycles. The maximum Gasteiger partial charge on any atom is 0.160 e. The Morgan fingerprint density at radius 2 is 1.80 bits per heavy atom. The summed E-state index contributed by atoms with van der Waals surface area (Å²) in [5.41, 5.74) is 1.96. The number of hydrogen-bond acceptors (Lipinski definition) is 2. The van der Waals surface area contributed by atoms with Crippen LogP contribution in [-0.4, -0.2) is 10.2 Å². The second-order valence-electron chi connectivity index (χ2n) is 3.93. The van der Waals surface area contributed by atoms with Crippen LogP contribution in [0.5, 0.6) is 11.5 Å². The fourth-order valence-corrected chi connectivity index (χ4v) is 1.74. The molecule has 1 rings (SSSR count). The molecule has 0 saturated carbocycles. The summed E-state index contributed by atoms with van der Waals surface area (Å²) in [7, 11) is 0. The van der Waals surface area contributed by atoms with Gasteiger partial charge in [0, 0.05) is 0 Å². The quantitative estimate of drug-likeness (QED) is 0.575. The van der Waals surface area contributed by atoms with Crippen LogP contribution in [0.15, 0.2) is 12.1 Å². The van der Waals surface area contributed by atoms with E-state index in [1.54, 1.807) is 6.07 Å². The Kier molecular flexibility index (Phi) is 4.47. The van der Waals surface area contributed by atoms with E-state index in [0.717, 1.165) is 30.4 Å². The van der Waals surface area contributed by atoms with Crippen LogP contribution in [0.1, 0.15) is 44.2 Å². The molecule has 0 heterocycles. The summed E-state index contributed by atoms with van der Waals surface area (Å²) in [5.74, 6) is 0.0533. The van der Waals surface area contributed by atoms with Gasteiger partial charge in [-0.05, 0) is 36.5 Å². The summed E-state index contributed by atoms with van der Waals surface area (Å²) in [6, 6.07) is 3.66. The first-order valence-electron chi connectivity index (χ1n) is 5.72. The van der Waals surface area contributed by atoms with Gasteiger partial charge in [-0.2, -0.15) is 0 Å². The van der Waals surface area contributed by atoms with Crippen molar-refractivity contribution in [3.63, 3.8) is 0 Å². The van der Waals surface area contributed by atoms with Gasteiger partial charge in [0.25, 0.3) is 0 Å². The maximum atomic E-state index is 9.54. The molecule has 0 unspecified atom stereocenters. The molecule has 0 bridgehead atoms. The second-order valence-corrected chi connectivity index (χ2v) is 3.93. The topological polar surface area (TPSA) is 40.5 Å². The van der Waals surface area contributed by atoms with Crippen LogP contribution in [-0.2, 0) is 12.8 Å². The molecule has 0 fully saturated rings. The third kappa shape index (κ3) is 3.15. The Labute approximate surface area is 91.6 Å². The number of phenols is 2. The first-order chi connectivity index (χ1) is 7.19. The molecular formula is C13H20O2. The third-order valence-corrected chi connectivity index (χ3v) is 2.68. The highest BCUT2D eigenvalue weighted by molar-refractivity contribution is 5.47. The zero-order valence-corrected chi connectivity index (χ0v) is 9.58. The molecular weight excluding hydrogens is 188 g/mol. The van der Waals surface area contributed by atoms with Gasteiger partial charge >= 0.3 is 0 Å². The van der Waals surface area contributed by atoms with Crippen LogP contribution in [0.4, 0.5) is 0 Å². The smallest absolute Gasteiger partial charge is 0.160 e. The molecule has 2 N–H and O–H groups in total. The lowest BCUT2D eigenvalue weighted by Crippen LogP contribution is -1.90. The molecule has 1 aromatic carbocycles. The Bertz CT molecular complexity index is 319. The van der Waals surface area contributed by atoms with Crippen molar-refractivity contribution in [1.29, 1.82) is 0 Å². The van der Waals surface area contributed by atoms with Gasteiger partial charge in [0.05, 0.1) is 0 Å². The van der Waals surface area contributed by atoms with E-state index in [1.165, 1.54) is 12.8 Å². The number of rotatable bonds is 5. The van der Waals surface area contributed by atoms with E-state index in [-0.39, 0.29) is 11.5 Å². The van der Waals surface area contributed by atoms with E-state index < -0.39 is 0 Å². The molecule has 2 nitrogen and oxygen atoms in total. The van der Waals surface area contributed by atoms with E-state index in [2.05, 4.69) is 6.92 Å². The van der Waals surface area contributed by atoms with Gasteiger partial charge in [-0.1, -0.05) is 32.8 Å². The minimum absolute atomic E-state index is 0.0147. The highest BCUT2D eigenvalue weighted by Gasteiger charge is 2.07. The third-order valence-electron chi connectivity index (χ3n) is 2.68. The summed E-state index contributed by atoms with van der Waals surface area (Å²) < 4.78 is 0. The predicted octanol–water partition coefficient (Wildman–Crippen LogP) is 3.39. The SMILES string of the molecule is CCCCCc1cc(O)c(O)c(CC)c1. The highest BCUT2D eigenvalue weighted by atomic mass is 16.3. The summed E-state index contributed by atoms with van der Waals surface area (Å²) in [4.78, 5) is 0. The molecule has 0 aliphatic rings. The zero-order valence-electron chi connectivity index (χ0n) is 9.58. The average molecular weight is 208 g/mol. The Hall–Kier alpha value is -1.18. The fraction of sp³-hybridized carbons (Fsp3) is 0.538. The van der Waals surface area contributed by atoms with E-state index >= 15 is 0 Å². The van der Waals surface area contributed by atoms with Crippen LogP contribution >= 0.6 is 0 Å². The zero-order chi connectivity index (χ0) is 11.3. The summed E-state index contributed by atoms with van der Waals surface area (Å²) >= 11 is 0. The van der Waals surface area contributed by atoms with E-state index in [0.29, 0.717) is 0 Å². The molecule has 0 atom stereocenters. The van der Waals surface area contributed by atoms with Gasteiger partial charge < -0.3 is 10.2 Å². The minimum atomic E-state index is 0.0147. The summed E-state index contributed by atoms with van der Waals surface area (Å²) in [5, 5.41) is 19.1. The average Bonchev–Trinajstić information content (AvgIpc) is 2.23. The largest absolute Gasteiger partial charge is 0.504 e. The summed E-state index contributed by atoms with van der Waals surface area (Å²) in [6.45, 7) is 4.15. The molecule has 0 aliphatic carbocycles. The Morgan fingerprint density at radius 1 is 1.07 bits per heavy atom. The molecule has 0 spiro atoms. The lowest BCUT2D eigenvalue weighted by Gasteiger charge is -2.08. The monoisotopic (exact) mass is 208 g/mol. The molecule has 0 amide bonds. The van der Waals surface area contributed by atoms with E-state index in [9.17, 15) is 10.2 Å². The molecule has 2 heteroatoms. The summed E-state index contributed by atoms with van der Waals surface area (Å²) in [6.07, 6.45) is 5.29. The van der Waals surface area contributed by atoms with Gasteiger partial charge in [0.15, 0.2) is 11.5 Å². The van der Waals surface area contributed by atoms with Crippen LogP contribution in [0, 0.1) is 0 Å². The fourth-order valence-electron chi connectivity index (χ4n) is 1.74. The minimum Gasteiger partial charge on any atom is -0.504 e. The normalized spacial score (nSPS) is 10.5. The lowest BCUT2D eigenvalue weighted by atomic mass is 10.0. The number of aryl methyl sites for hydroxylation is 2. The molecule has 1 aromatic rings. The number of hydrogen-bond donors (Lipinski definition) is 2. The standard InChI is InChI=1S/C13H20O2/c1-3-5-6-7-10-8-11(4-2)13(15)12(14)9-10/h8-9,14-15H,3-7H2,1-2H3. The van der Waals surface area contributed by atoms with Gasteiger partial charge in [0.2, 0.25) is 0 Å². The molecule has 0 radical (unpaired) electrons. The van der Waals surface area contributed by atoms with Crippen molar-refractivity contribution >= 4 is 0 Å². The number of aromatic hydroxyl groups is 2. The van der Waals surface area contributed by atoms with E-state index in [1.807, 2.05) is 13.0 Å². The van der Waals surface area contributed by atoms with E-state index in [4.69, 9.17) is 0 Å². The van der Waals surface area contributed by atoms with Gasteiger partial charge in [-0.15, -0.1) is 0 Å². The highest BCUT2D eigenvalue weighted by Crippen LogP contribution is 2.31. The molecule has 15 heavy (non-hydrogen) atoms. The molecule has 84 valence electrons. The Balaban J connectivity index is 2.77. The lowest BCUT2D eigenvalue weighted by molar-refractivity contribution is 0.399. The number of benzene rings is 1.